The van der Waals surface area contributed by atoms with Crippen LogP contribution in [0.1, 0.15) is 67.5 Å². The first-order valence-corrected chi connectivity index (χ1v) is 14.0. The zero-order valence-electron chi connectivity index (χ0n) is 18.9. The molecule has 3 atom stereocenters. The van der Waals surface area contributed by atoms with Crippen molar-refractivity contribution in [1.29, 1.82) is 0 Å². The Hall–Kier alpha value is -2.52. The summed E-state index contributed by atoms with van der Waals surface area (Å²) in [5.41, 5.74) is 2.50. The molecular weight excluding hydrogens is 458 g/mol. The van der Waals surface area contributed by atoms with Gasteiger partial charge in [-0.25, -0.2) is 13.4 Å². The lowest BCUT2D eigenvalue weighted by Crippen LogP contribution is -2.44. The lowest BCUT2D eigenvalue weighted by atomic mass is 9.95. The molecule has 33 heavy (non-hydrogen) atoms. The van der Waals surface area contributed by atoms with E-state index < -0.39 is 15.9 Å². The van der Waals surface area contributed by atoms with Crippen molar-refractivity contribution in [2.75, 3.05) is 11.5 Å². The van der Waals surface area contributed by atoms with Crippen LogP contribution in [0.2, 0.25) is 0 Å². The summed E-state index contributed by atoms with van der Waals surface area (Å²) in [4.78, 5) is 26.6. The fourth-order valence-corrected chi connectivity index (χ4v) is 6.72. The van der Waals surface area contributed by atoms with E-state index in [4.69, 9.17) is 0 Å². The maximum Gasteiger partial charge on any atom is 0.268 e. The molecule has 3 heterocycles. The Morgan fingerprint density at radius 2 is 1.94 bits per heavy atom. The van der Waals surface area contributed by atoms with E-state index in [0.29, 0.717) is 12.3 Å². The van der Waals surface area contributed by atoms with Gasteiger partial charge in [0.15, 0.2) is 9.84 Å². The van der Waals surface area contributed by atoms with Crippen LogP contribution < -0.4 is 5.32 Å². The van der Waals surface area contributed by atoms with E-state index in [2.05, 4.69) is 36.4 Å². The minimum absolute atomic E-state index is 0.0472. The standard InChI is InChI=1S/C24H29N3O4S2/c1-3-16(2)17-6-8-18(9-7-17)23(21-5-4-13-32-21)25-24(29)20-10-11-22(28)27(26-20)19-12-14-33(30,31)15-19/h4-9,13,16,19,23H,3,10-12,14-15H2,1-2H3,(H,25,29). The summed E-state index contributed by atoms with van der Waals surface area (Å²) in [6.07, 6.45) is 1.80. The van der Waals surface area contributed by atoms with Gasteiger partial charge in [-0.1, -0.05) is 44.2 Å². The van der Waals surface area contributed by atoms with E-state index >= 15 is 0 Å². The molecule has 0 bridgehead atoms. The fraction of sp³-hybridized carbons (Fsp3) is 0.458. The third-order valence-electron chi connectivity index (χ3n) is 6.43. The Morgan fingerprint density at radius 3 is 2.55 bits per heavy atom. The van der Waals surface area contributed by atoms with Gasteiger partial charge in [0.05, 0.1) is 23.6 Å². The quantitative estimate of drug-likeness (QED) is 0.645. The van der Waals surface area contributed by atoms with Crippen LogP contribution in [0, 0.1) is 0 Å². The molecule has 0 saturated carbocycles. The summed E-state index contributed by atoms with van der Waals surface area (Å²) < 4.78 is 23.7. The van der Waals surface area contributed by atoms with Gasteiger partial charge >= 0.3 is 0 Å². The van der Waals surface area contributed by atoms with Gasteiger partial charge in [0.2, 0.25) is 5.91 Å². The van der Waals surface area contributed by atoms with E-state index in [0.717, 1.165) is 16.9 Å². The van der Waals surface area contributed by atoms with Crippen molar-refractivity contribution >= 4 is 38.7 Å². The number of hydrazone groups is 1. The molecule has 2 aliphatic rings. The van der Waals surface area contributed by atoms with Crippen molar-refractivity contribution in [3.05, 3.63) is 57.8 Å². The van der Waals surface area contributed by atoms with Gasteiger partial charge in [-0.05, 0) is 41.3 Å². The van der Waals surface area contributed by atoms with Gasteiger partial charge in [0, 0.05) is 17.7 Å². The fourth-order valence-electron chi connectivity index (χ4n) is 4.23. The summed E-state index contributed by atoms with van der Waals surface area (Å²) in [5.74, 6) is -0.154. The molecule has 7 nitrogen and oxygen atoms in total. The van der Waals surface area contributed by atoms with Crippen molar-refractivity contribution in [2.45, 2.75) is 57.5 Å². The van der Waals surface area contributed by atoms with Crippen LogP contribution in [0.4, 0.5) is 0 Å². The maximum atomic E-state index is 13.2. The number of carbonyl (C=O) groups is 2. The highest BCUT2D eigenvalue weighted by Crippen LogP contribution is 2.29. The maximum absolute atomic E-state index is 13.2. The number of thiophene rings is 1. The van der Waals surface area contributed by atoms with Gasteiger partial charge in [-0.3, -0.25) is 9.59 Å². The molecule has 3 unspecified atom stereocenters. The SMILES string of the molecule is CCC(C)c1ccc(C(NC(=O)C2=NN(C3CCS(=O)(=O)C3)C(=O)CC2)c2cccs2)cc1. The molecule has 1 saturated heterocycles. The predicted octanol–water partition coefficient (Wildman–Crippen LogP) is 3.63. The summed E-state index contributed by atoms with van der Waals surface area (Å²) in [6.45, 7) is 4.35. The summed E-state index contributed by atoms with van der Waals surface area (Å²) >= 11 is 1.56. The van der Waals surface area contributed by atoms with E-state index in [1.54, 1.807) is 11.3 Å². The highest BCUT2D eigenvalue weighted by Gasteiger charge is 2.37. The lowest BCUT2D eigenvalue weighted by molar-refractivity contribution is -0.133. The zero-order valence-corrected chi connectivity index (χ0v) is 20.5. The van der Waals surface area contributed by atoms with Crippen LogP contribution >= 0.6 is 11.3 Å². The molecule has 1 aromatic carbocycles. The largest absolute Gasteiger partial charge is 0.339 e. The van der Waals surface area contributed by atoms with Crippen LogP contribution in [0.5, 0.6) is 0 Å². The molecule has 1 N–H and O–H groups in total. The van der Waals surface area contributed by atoms with Crippen LogP contribution in [0.15, 0.2) is 46.9 Å². The second-order valence-corrected chi connectivity index (χ2v) is 11.9. The smallest absolute Gasteiger partial charge is 0.268 e. The molecule has 9 heteroatoms. The summed E-state index contributed by atoms with van der Waals surface area (Å²) in [7, 11) is -3.16. The summed E-state index contributed by atoms with van der Waals surface area (Å²) in [6, 6.07) is 11.4. The van der Waals surface area contributed by atoms with Crippen molar-refractivity contribution in [3.63, 3.8) is 0 Å². The van der Waals surface area contributed by atoms with E-state index in [-0.39, 0.29) is 47.9 Å². The number of hydrogen-bond acceptors (Lipinski definition) is 6. The molecule has 1 fully saturated rings. The Bertz CT molecular complexity index is 1140. The van der Waals surface area contributed by atoms with Crippen LogP contribution in [-0.4, -0.2) is 48.5 Å². The highest BCUT2D eigenvalue weighted by atomic mass is 32.2. The first kappa shape index (κ1) is 23.6. The number of sulfone groups is 1. The van der Waals surface area contributed by atoms with E-state index in [9.17, 15) is 18.0 Å². The van der Waals surface area contributed by atoms with Gasteiger partial charge < -0.3 is 5.32 Å². The molecule has 0 spiro atoms. The molecule has 0 radical (unpaired) electrons. The number of nitrogens with zero attached hydrogens (tertiary/aromatic N) is 2. The third kappa shape index (κ3) is 5.35. The van der Waals surface area contributed by atoms with Crippen LogP contribution in [0.3, 0.4) is 0 Å². The topological polar surface area (TPSA) is 95.9 Å². The Kier molecular flexibility index (Phi) is 6.99. The highest BCUT2D eigenvalue weighted by molar-refractivity contribution is 7.91. The van der Waals surface area contributed by atoms with Gasteiger partial charge in [0.25, 0.3) is 5.91 Å². The number of carbonyl (C=O) groups excluding carboxylic acids is 2. The Morgan fingerprint density at radius 1 is 1.21 bits per heavy atom. The van der Waals surface area contributed by atoms with Gasteiger partial charge in [-0.2, -0.15) is 5.10 Å². The average Bonchev–Trinajstić information content (AvgIpc) is 3.47. The normalized spacial score (nSPS) is 22.0. The van der Waals surface area contributed by atoms with Gasteiger partial charge in [-0.15, -0.1) is 11.3 Å². The molecule has 4 rings (SSSR count). The van der Waals surface area contributed by atoms with E-state index in [1.807, 2.05) is 29.6 Å². The molecule has 1 aromatic heterocycles. The first-order chi connectivity index (χ1) is 15.8. The Labute approximate surface area is 198 Å². The second kappa shape index (κ2) is 9.77. The minimum Gasteiger partial charge on any atom is -0.339 e. The number of rotatable bonds is 7. The van der Waals surface area contributed by atoms with Crippen molar-refractivity contribution in [3.8, 4) is 0 Å². The van der Waals surface area contributed by atoms with Crippen LogP contribution in [-0.2, 0) is 19.4 Å². The molecule has 2 aliphatic heterocycles. The van der Waals surface area contributed by atoms with Crippen molar-refractivity contribution in [2.24, 2.45) is 5.10 Å². The second-order valence-electron chi connectivity index (χ2n) is 8.74. The lowest BCUT2D eigenvalue weighted by Gasteiger charge is -2.28. The molecule has 2 amide bonds. The zero-order chi connectivity index (χ0) is 23.6. The van der Waals surface area contributed by atoms with Crippen molar-refractivity contribution < 1.29 is 18.0 Å². The number of nitrogens with one attached hydrogen (secondary N) is 1. The number of benzene rings is 1. The van der Waals surface area contributed by atoms with Gasteiger partial charge in [0.1, 0.15) is 5.71 Å². The van der Waals surface area contributed by atoms with Crippen LogP contribution in [0.25, 0.3) is 0 Å². The molecule has 2 aromatic rings. The molecule has 0 aliphatic carbocycles. The summed E-state index contributed by atoms with van der Waals surface area (Å²) in [5, 5.41) is 10.6. The first-order valence-electron chi connectivity index (χ1n) is 11.3. The molecule has 176 valence electrons. The minimum atomic E-state index is -3.16. The molecular formula is C24H29N3O4S2. The number of amides is 2. The van der Waals surface area contributed by atoms with E-state index in [1.165, 1.54) is 10.6 Å². The number of hydrogen-bond donors (Lipinski definition) is 1. The monoisotopic (exact) mass is 487 g/mol. The van der Waals surface area contributed by atoms with Crippen molar-refractivity contribution in [1.82, 2.24) is 10.3 Å². The average molecular weight is 488 g/mol. The Balaban J connectivity index is 1.56. The third-order valence-corrected chi connectivity index (χ3v) is 9.12. The predicted molar refractivity (Wildman–Crippen MR) is 130 cm³/mol.